The first kappa shape index (κ1) is 22.1. The van der Waals surface area contributed by atoms with Gasteiger partial charge in [-0.05, 0) is 59.5 Å². The normalized spacial score (nSPS) is 10.7. The van der Waals surface area contributed by atoms with Gasteiger partial charge in [0.15, 0.2) is 0 Å². The summed E-state index contributed by atoms with van der Waals surface area (Å²) in [7, 11) is 0. The lowest BCUT2D eigenvalue weighted by Gasteiger charge is -2.04. The van der Waals surface area contributed by atoms with E-state index >= 15 is 0 Å². The van der Waals surface area contributed by atoms with Gasteiger partial charge in [0.1, 0.15) is 5.56 Å². The summed E-state index contributed by atoms with van der Waals surface area (Å²) in [6.07, 6.45) is 7.18. The molecule has 172 valence electrons. The lowest BCUT2D eigenvalue weighted by atomic mass is 10.1. The van der Waals surface area contributed by atoms with E-state index in [4.69, 9.17) is 4.74 Å². The van der Waals surface area contributed by atoms with E-state index in [1.54, 1.807) is 17.6 Å². The number of nitrogens with zero attached hydrogens (tertiary/aromatic N) is 4. The van der Waals surface area contributed by atoms with E-state index in [1.807, 2.05) is 77.7 Å². The fourth-order valence-corrected chi connectivity index (χ4v) is 3.89. The number of hydrogen-bond acceptors (Lipinski definition) is 4. The van der Waals surface area contributed by atoms with E-state index < -0.39 is 0 Å². The van der Waals surface area contributed by atoms with Crippen molar-refractivity contribution in [2.45, 2.75) is 6.92 Å². The van der Waals surface area contributed by atoms with Crippen LogP contribution < -0.4 is 0 Å². The maximum absolute atomic E-state index is 11.9. The number of esters is 1. The lowest BCUT2D eigenvalue weighted by Crippen LogP contribution is -2.04. The number of ether oxygens (including phenoxy) is 1. The molecule has 0 aliphatic rings. The second kappa shape index (κ2) is 10.1. The number of carbonyl (C=O) groups excluding carboxylic acids is 1. The average Bonchev–Trinajstić information content (AvgIpc) is 3.56. The summed E-state index contributed by atoms with van der Waals surface area (Å²) >= 11 is 0. The van der Waals surface area contributed by atoms with Gasteiger partial charge in [-0.1, -0.05) is 60.7 Å². The van der Waals surface area contributed by atoms with Crippen LogP contribution in [-0.2, 0) is 4.74 Å². The van der Waals surface area contributed by atoms with Gasteiger partial charge in [-0.15, -0.1) is 0 Å². The van der Waals surface area contributed by atoms with Crippen molar-refractivity contribution in [2.75, 3.05) is 6.61 Å². The highest BCUT2D eigenvalue weighted by atomic mass is 16.5. The summed E-state index contributed by atoms with van der Waals surface area (Å²) in [6, 6.07) is 30.5. The van der Waals surface area contributed by atoms with Gasteiger partial charge in [0.05, 0.1) is 23.8 Å². The summed E-state index contributed by atoms with van der Waals surface area (Å²) in [5.74, 6) is -0.340. The van der Waals surface area contributed by atoms with Crippen LogP contribution in [-0.4, -0.2) is 31.8 Å². The Morgan fingerprint density at radius 2 is 1.37 bits per heavy atom. The van der Waals surface area contributed by atoms with Crippen molar-refractivity contribution in [3.8, 4) is 22.3 Å². The Hall–Kier alpha value is -4.71. The maximum atomic E-state index is 11.9. The van der Waals surface area contributed by atoms with E-state index in [9.17, 15) is 4.79 Å². The van der Waals surface area contributed by atoms with Crippen molar-refractivity contribution in [1.82, 2.24) is 19.2 Å². The third kappa shape index (κ3) is 4.82. The third-order valence-corrected chi connectivity index (χ3v) is 5.63. The molecule has 0 saturated heterocycles. The number of carbonyl (C=O) groups is 1. The first-order chi connectivity index (χ1) is 17.2. The molecule has 0 bridgehead atoms. The van der Waals surface area contributed by atoms with Crippen molar-refractivity contribution in [1.29, 1.82) is 0 Å². The standard InChI is InChI=1S/C16H14N2O2.C13H10N2/c1-2-20-16(19)14-11-17-18-9-8-13(10-15(14)18)12-6-4-3-5-7-12;1-2-4-11(5-3-1)12-7-9-15-13(10-12)6-8-14-15/h3-11H,2H2,1H3;1-10H. The van der Waals surface area contributed by atoms with Crippen LogP contribution in [0.3, 0.4) is 0 Å². The van der Waals surface area contributed by atoms with E-state index in [1.165, 1.54) is 11.1 Å². The zero-order valence-corrected chi connectivity index (χ0v) is 19.3. The minimum atomic E-state index is -0.340. The molecule has 6 nitrogen and oxygen atoms in total. The highest BCUT2D eigenvalue weighted by Gasteiger charge is 2.14. The van der Waals surface area contributed by atoms with Gasteiger partial charge in [0.2, 0.25) is 0 Å². The molecular weight excluding hydrogens is 436 g/mol. The van der Waals surface area contributed by atoms with Crippen molar-refractivity contribution >= 4 is 17.0 Å². The van der Waals surface area contributed by atoms with Gasteiger partial charge in [-0.3, -0.25) is 0 Å². The Bertz CT molecular complexity index is 1570. The molecule has 0 saturated carbocycles. The number of rotatable bonds is 4. The van der Waals surface area contributed by atoms with Gasteiger partial charge in [0.25, 0.3) is 0 Å². The molecule has 0 spiro atoms. The Labute approximate surface area is 203 Å². The Kier molecular flexibility index (Phi) is 6.35. The van der Waals surface area contributed by atoms with E-state index in [0.717, 1.165) is 22.2 Å². The summed E-state index contributed by atoms with van der Waals surface area (Å²) in [6.45, 7) is 2.15. The van der Waals surface area contributed by atoms with Gasteiger partial charge >= 0.3 is 5.97 Å². The van der Waals surface area contributed by atoms with E-state index in [2.05, 4.69) is 46.6 Å². The predicted octanol–water partition coefficient (Wildman–Crippen LogP) is 6.18. The van der Waals surface area contributed by atoms with Crippen LogP contribution in [0.2, 0.25) is 0 Å². The first-order valence-electron chi connectivity index (χ1n) is 11.4. The predicted molar refractivity (Wildman–Crippen MR) is 137 cm³/mol. The largest absolute Gasteiger partial charge is 0.462 e. The molecule has 0 unspecified atom stereocenters. The topological polar surface area (TPSA) is 60.9 Å². The molecule has 35 heavy (non-hydrogen) atoms. The number of aromatic nitrogens is 4. The first-order valence-corrected chi connectivity index (χ1v) is 11.4. The number of hydrogen-bond donors (Lipinski definition) is 0. The van der Waals surface area contributed by atoms with Crippen molar-refractivity contribution in [2.24, 2.45) is 0 Å². The molecule has 0 aliphatic carbocycles. The quantitative estimate of drug-likeness (QED) is 0.295. The number of pyridine rings is 2. The summed E-state index contributed by atoms with van der Waals surface area (Å²) < 4.78 is 8.59. The zero-order valence-electron chi connectivity index (χ0n) is 19.3. The SMILES string of the molecule is CCOC(=O)c1cnn2ccc(-c3ccccc3)cc12.c1ccc(-c2ccn3nccc3c2)cc1. The van der Waals surface area contributed by atoms with E-state index in [-0.39, 0.29) is 5.97 Å². The monoisotopic (exact) mass is 460 g/mol. The highest BCUT2D eigenvalue weighted by molar-refractivity contribution is 5.97. The molecule has 0 aliphatic heterocycles. The molecule has 0 amide bonds. The summed E-state index contributed by atoms with van der Waals surface area (Å²) in [5.41, 5.74) is 6.98. The average molecular weight is 461 g/mol. The van der Waals surface area contributed by atoms with Crippen molar-refractivity contribution < 1.29 is 9.53 Å². The maximum Gasteiger partial charge on any atom is 0.341 e. The van der Waals surface area contributed by atoms with Crippen LogP contribution in [0, 0.1) is 0 Å². The molecule has 4 aromatic heterocycles. The van der Waals surface area contributed by atoms with Crippen molar-refractivity contribution in [3.63, 3.8) is 0 Å². The van der Waals surface area contributed by atoms with E-state index in [0.29, 0.717) is 12.2 Å². The fourth-order valence-electron chi connectivity index (χ4n) is 3.89. The van der Waals surface area contributed by atoms with Crippen molar-refractivity contribution in [3.05, 3.63) is 121 Å². The molecule has 4 heterocycles. The molecule has 0 atom stereocenters. The molecule has 0 fully saturated rings. The summed E-state index contributed by atoms with van der Waals surface area (Å²) in [5, 5.41) is 8.34. The third-order valence-electron chi connectivity index (χ3n) is 5.63. The molecule has 6 rings (SSSR count). The van der Waals surface area contributed by atoms with Crippen LogP contribution >= 0.6 is 0 Å². The minimum Gasteiger partial charge on any atom is -0.462 e. The minimum absolute atomic E-state index is 0.340. The molecule has 6 aromatic rings. The van der Waals surface area contributed by atoms with Gasteiger partial charge in [-0.2, -0.15) is 10.2 Å². The molecular formula is C29H24N4O2. The zero-order chi connectivity index (χ0) is 24.0. The van der Waals surface area contributed by atoms with Gasteiger partial charge in [-0.25, -0.2) is 13.8 Å². The number of fused-ring (bicyclic) bond motifs is 2. The molecule has 0 N–H and O–H groups in total. The Morgan fingerprint density at radius 1 is 0.743 bits per heavy atom. The lowest BCUT2D eigenvalue weighted by molar-refractivity contribution is 0.0528. The van der Waals surface area contributed by atoms with Crippen LogP contribution in [0.1, 0.15) is 17.3 Å². The smallest absolute Gasteiger partial charge is 0.341 e. The number of benzene rings is 2. The second-order valence-corrected chi connectivity index (χ2v) is 7.87. The molecule has 2 aromatic carbocycles. The Balaban J connectivity index is 0.000000151. The Morgan fingerprint density at radius 3 is 2.03 bits per heavy atom. The van der Waals surface area contributed by atoms with Crippen LogP contribution in [0.15, 0.2) is 116 Å². The second-order valence-electron chi connectivity index (χ2n) is 7.87. The highest BCUT2D eigenvalue weighted by Crippen LogP contribution is 2.23. The van der Waals surface area contributed by atoms with Gasteiger partial charge in [0, 0.05) is 18.6 Å². The van der Waals surface area contributed by atoms with Crippen LogP contribution in [0.5, 0.6) is 0 Å². The fraction of sp³-hybridized carbons (Fsp3) is 0.0690. The van der Waals surface area contributed by atoms with Crippen LogP contribution in [0.25, 0.3) is 33.3 Å². The molecule has 0 radical (unpaired) electrons. The molecule has 6 heteroatoms. The van der Waals surface area contributed by atoms with Crippen LogP contribution in [0.4, 0.5) is 0 Å². The van der Waals surface area contributed by atoms with Gasteiger partial charge < -0.3 is 4.74 Å². The summed E-state index contributed by atoms with van der Waals surface area (Å²) in [4.78, 5) is 11.9.